The molecule has 2 N–H and O–H groups in total. The summed E-state index contributed by atoms with van der Waals surface area (Å²) >= 11 is 0. The van der Waals surface area contributed by atoms with E-state index in [2.05, 4.69) is 6.92 Å². The van der Waals surface area contributed by atoms with Gasteiger partial charge in [0.25, 0.3) is 0 Å². The van der Waals surface area contributed by atoms with Crippen LogP contribution in [0.4, 0.5) is 4.39 Å². The molecule has 0 saturated carbocycles. The fourth-order valence-corrected chi connectivity index (χ4v) is 2.59. The molecule has 21 heavy (non-hydrogen) atoms. The number of aliphatic hydroxyl groups is 2. The zero-order valence-electron chi connectivity index (χ0n) is 13.2. The normalized spacial score (nSPS) is 12.6. The lowest BCUT2D eigenvalue weighted by molar-refractivity contribution is 0.259. The van der Waals surface area contributed by atoms with E-state index in [9.17, 15) is 9.50 Å². The summed E-state index contributed by atoms with van der Waals surface area (Å²) in [5.74, 6) is 0. The van der Waals surface area contributed by atoms with Crippen molar-refractivity contribution in [3.05, 3.63) is 34.9 Å². The van der Waals surface area contributed by atoms with Gasteiger partial charge in [-0.25, -0.2) is 4.39 Å². The second-order valence-electron chi connectivity index (χ2n) is 5.72. The lowest BCUT2D eigenvalue weighted by Gasteiger charge is -2.12. The van der Waals surface area contributed by atoms with Crippen LogP contribution >= 0.6 is 0 Å². The van der Waals surface area contributed by atoms with Crippen molar-refractivity contribution in [3.63, 3.8) is 0 Å². The molecule has 0 bridgehead atoms. The Kier molecular flexibility index (Phi) is 9.27. The SMILES string of the molecule is CCCCCCCCC[C@@H](F)c1ccc(CO)c(CO)c1. The summed E-state index contributed by atoms with van der Waals surface area (Å²) in [6, 6.07) is 5.10. The highest BCUT2D eigenvalue weighted by atomic mass is 19.1. The van der Waals surface area contributed by atoms with Gasteiger partial charge >= 0.3 is 0 Å². The number of unbranched alkanes of at least 4 members (excludes halogenated alkanes) is 6. The molecule has 0 spiro atoms. The lowest BCUT2D eigenvalue weighted by atomic mass is 9.98. The molecule has 1 aromatic carbocycles. The lowest BCUT2D eigenvalue weighted by Crippen LogP contribution is -1.99. The van der Waals surface area contributed by atoms with Gasteiger partial charge in [-0.1, -0.05) is 70.1 Å². The minimum Gasteiger partial charge on any atom is -0.392 e. The summed E-state index contributed by atoms with van der Waals surface area (Å²) < 4.78 is 14.2. The van der Waals surface area contributed by atoms with Gasteiger partial charge in [0.05, 0.1) is 13.2 Å². The predicted octanol–water partition coefficient (Wildman–Crippen LogP) is 4.82. The van der Waals surface area contributed by atoms with Crippen LogP contribution in [0.1, 0.15) is 81.2 Å². The van der Waals surface area contributed by atoms with Gasteiger partial charge in [0.1, 0.15) is 6.17 Å². The summed E-state index contributed by atoms with van der Waals surface area (Å²) in [6.45, 7) is 1.93. The van der Waals surface area contributed by atoms with E-state index in [1.54, 1.807) is 18.2 Å². The van der Waals surface area contributed by atoms with Crippen LogP contribution in [0.15, 0.2) is 18.2 Å². The second kappa shape index (κ2) is 10.7. The third-order valence-corrected chi connectivity index (χ3v) is 3.99. The Morgan fingerprint density at radius 3 is 2.14 bits per heavy atom. The Morgan fingerprint density at radius 2 is 1.52 bits per heavy atom. The number of benzene rings is 1. The Morgan fingerprint density at radius 1 is 0.905 bits per heavy atom. The second-order valence-corrected chi connectivity index (χ2v) is 5.72. The molecule has 1 atom stereocenters. The largest absolute Gasteiger partial charge is 0.392 e. The number of alkyl halides is 1. The van der Waals surface area contributed by atoms with Crippen molar-refractivity contribution in [2.45, 2.75) is 77.7 Å². The molecule has 120 valence electrons. The molecule has 2 nitrogen and oxygen atoms in total. The summed E-state index contributed by atoms with van der Waals surface area (Å²) in [7, 11) is 0. The van der Waals surface area contributed by atoms with Gasteiger partial charge in [-0.3, -0.25) is 0 Å². The minimum absolute atomic E-state index is 0.120. The van der Waals surface area contributed by atoms with Crippen molar-refractivity contribution >= 4 is 0 Å². The van der Waals surface area contributed by atoms with Crippen LogP contribution in [-0.2, 0) is 13.2 Å². The monoisotopic (exact) mass is 296 g/mol. The Bertz CT molecular complexity index is 393. The first-order valence-corrected chi connectivity index (χ1v) is 8.20. The predicted molar refractivity (Wildman–Crippen MR) is 84.7 cm³/mol. The molecule has 0 saturated heterocycles. The molecule has 1 rings (SSSR count). The maximum atomic E-state index is 14.2. The number of rotatable bonds is 11. The minimum atomic E-state index is -0.973. The zero-order chi connectivity index (χ0) is 15.5. The number of halogens is 1. The molecule has 3 heteroatoms. The number of aliphatic hydroxyl groups excluding tert-OH is 2. The first-order chi connectivity index (χ1) is 10.2. The van der Waals surface area contributed by atoms with E-state index in [1.165, 1.54) is 32.1 Å². The molecule has 0 aromatic heterocycles. The van der Waals surface area contributed by atoms with Gasteiger partial charge in [-0.15, -0.1) is 0 Å². The van der Waals surface area contributed by atoms with Crippen LogP contribution in [0.3, 0.4) is 0 Å². The van der Waals surface area contributed by atoms with E-state index in [4.69, 9.17) is 5.11 Å². The van der Waals surface area contributed by atoms with Gasteiger partial charge < -0.3 is 10.2 Å². The van der Waals surface area contributed by atoms with Crippen molar-refractivity contribution < 1.29 is 14.6 Å². The van der Waals surface area contributed by atoms with Crippen molar-refractivity contribution in [2.75, 3.05) is 0 Å². The van der Waals surface area contributed by atoms with Crippen LogP contribution in [0.25, 0.3) is 0 Å². The van der Waals surface area contributed by atoms with E-state index in [0.29, 0.717) is 23.1 Å². The van der Waals surface area contributed by atoms with Gasteiger partial charge in [0.2, 0.25) is 0 Å². The van der Waals surface area contributed by atoms with Gasteiger partial charge in [-0.2, -0.15) is 0 Å². The Labute approximate surface area is 128 Å². The van der Waals surface area contributed by atoms with Crippen molar-refractivity contribution in [2.24, 2.45) is 0 Å². The topological polar surface area (TPSA) is 40.5 Å². The van der Waals surface area contributed by atoms with E-state index in [0.717, 1.165) is 12.8 Å². The highest BCUT2D eigenvalue weighted by Crippen LogP contribution is 2.26. The van der Waals surface area contributed by atoms with E-state index < -0.39 is 6.17 Å². The molecule has 0 aliphatic heterocycles. The number of hydrogen-bond donors (Lipinski definition) is 2. The molecule has 0 radical (unpaired) electrons. The van der Waals surface area contributed by atoms with Crippen LogP contribution in [0.2, 0.25) is 0 Å². The molecular formula is C18H29FO2. The molecule has 0 amide bonds. The maximum absolute atomic E-state index is 14.2. The Balaban J connectivity index is 2.33. The van der Waals surface area contributed by atoms with E-state index in [-0.39, 0.29) is 13.2 Å². The molecule has 0 aliphatic carbocycles. The van der Waals surface area contributed by atoms with Crippen LogP contribution < -0.4 is 0 Å². The standard InChI is InChI=1S/C18H29FO2/c1-2-3-4-5-6-7-8-9-18(19)15-10-11-16(13-20)17(12-15)14-21/h10-12,18,20-21H,2-9,13-14H2,1H3/t18-/m1/s1. The third kappa shape index (κ3) is 6.58. The van der Waals surface area contributed by atoms with Crippen LogP contribution in [0, 0.1) is 0 Å². The quantitative estimate of drug-likeness (QED) is 0.575. The van der Waals surface area contributed by atoms with Gasteiger partial charge in [0.15, 0.2) is 0 Å². The smallest absolute Gasteiger partial charge is 0.125 e. The molecule has 0 fully saturated rings. The summed E-state index contributed by atoms with van der Waals surface area (Å²) in [5, 5.41) is 18.4. The fraction of sp³-hybridized carbons (Fsp3) is 0.667. The van der Waals surface area contributed by atoms with Crippen molar-refractivity contribution in [3.8, 4) is 0 Å². The maximum Gasteiger partial charge on any atom is 0.125 e. The molecule has 0 heterocycles. The zero-order valence-corrected chi connectivity index (χ0v) is 13.2. The van der Waals surface area contributed by atoms with Crippen LogP contribution in [-0.4, -0.2) is 10.2 Å². The summed E-state index contributed by atoms with van der Waals surface area (Å²) in [5.41, 5.74) is 1.91. The molecule has 0 unspecified atom stereocenters. The highest BCUT2D eigenvalue weighted by Gasteiger charge is 2.11. The highest BCUT2D eigenvalue weighted by molar-refractivity contribution is 5.32. The van der Waals surface area contributed by atoms with E-state index >= 15 is 0 Å². The average Bonchev–Trinajstić information content (AvgIpc) is 2.53. The fourth-order valence-electron chi connectivity index (χ4n) is 2.59. The van der Waals surface area contributed by atoms with Gasteiger partial charge in [-0.05, 0) is 23.1 Å². The molecule has 1 aromatic rings. The van der Waals surface area contributed by atoms with Crippen molar-refractivity contribution in [1.29, 1.82) is 0 Å². The first kappa shape index (κ1) is 18.1. The van der Waals surface area contributed by atoms with Gasteiger partial charge in [0, 0.05) is 0 Å². The van der Waals surface area contributed by atoms with Crippen LogP contribution in [0.5, 0.6) is 0 Å². The van der Waals surface area contributed by atoms with Crippen molar-refractivity contribution in [1.82, 2.24) is 0 Å². The average molecular weight is 296 g/mol. The summed E-state index contributed by atoms with van der Waals surface area (Å²) in [4.78, 5) is 0. The molecular weight excluding hydrogens is 267 g/mol. The van der Waals surface area contributed by atoms with E-state index in [1.807, 2.05) is 0 Å². The molecule has 0 aliphatic rings. The third-order valence-electron chi connectivity index (χ3n) is 3.99. The Hall–Kier alpha value is -0.930. The first-order valence-electron chi connectivity index (χ1n) is 8.20. The number of hydrogen-bond acceptors (Lipinski definition) is 2. The summed E-state index contributed by atoms with van der Waals surface area (Å²) in [6.07, 6.45) is 7.85.